The zero-order valence-electron chi connectivity index (χ0n) is 12.6. The van der Waals surface area contributed by atoms with Gasteiger partial charge in [-0.1, -0.05) is 18.1 Å². The lowest BCUT2D eigenvalue weighted by molar-refractivity contribution is -0.0326. The largest absolute Gasteiger partial charge is 0.393 e. The molecule has 0 unspecified atom stereocenters. The van der Waals surface area contributed by atoms with Gasteiger partial charge in [-0.05, 0) is 81.0 Å². The second kappa shape index (κ2) is 4.58. The van der Waals surface area contributed by atoms with Crippen molar-refractivity contribution in [3.8, 4) is 0 Å². The van der Waals surface area contributed by atoms with Crippen LogP contribution in [-0.2, 0) is 0 Å². The summed E-state index contributed by atoms with van der Waals surface area (Å²) in [6.45, 7) is 2.35. The van der Waals surface area contributed by atoms with Crippen LogP contribution < -0.4 is 0 Å². The van der Waals surface area contributed by atoms with Gasteiger partial charge in [0, 0.05) is 0 Å². The molecule has 2 heteroatoms. The summed E-state index contributed by atoms with van der Waals surface area (Å²) in [5.74, 6) is 2.35. The quantitative estimate of drug-likeness (QED) is 0.666. The molecule has 2 nitrogen and oxygen atoms in total. The number of fused-ring (bicyclic) bond motifs is 4. The van der Waals surface area contributed by atoms with Gasteiger partial charge in [-0.3, -0.25) is 0 Å². The molecule has 0 heterocycles. The van der Waals surface area contributed by atoms with Gasteiger partial charge in [0.1, 0.15) is 0 Å². The minimum atomic E-state index is -0.0764. The Morgan fingerprint density at radius 3 is 2.70 bits per heavy atom. The average Bonchev–Trinajstić information content (AvgIpc) is 2.74. The number of allylic oxidation sites excluding steroid dienone is 1. The first-order valence-corrected chi connectivity index (χ1v) is 8.66. The Hall–Kier alpha value is -0.340. The van der Waals surface area contributed by atoms with Crippen molar-refractivity contribution in [1.82, 2.24) is 0 Å². The number of hydrogen-bond acceptors (Lipinski definition) is 2. The first-order valence-electron chi connectivity index (χ1n) is 8.66. The molecule has 0 aromatic carbocycles. The van der Waals surface area contributed by atoms with E-state index in [9.17, 15) is 10.2 Å². The van der Waals surface area contributed by atoms with Gasteiger partial charge in [0.2, 0.25) is 0 Å². The highest BCUT2D eigenvalue weighted by molar-refractivity contribution is 5.27. The lowest BCUT2D eigenvalue weighted by Crippen LogP contribution is -2.45. The Kier molecular flexibility index (Phi) is 3.05. The lowest BCUT2D eigenvalue weighted by atomic mass is 9.54. The smallest absolute Gasteiger partial charge is 0.0596 e. The summed E-state index contributed by atoms with van der Waals surface area (Å²) in [5.41, 5.74) is 3.54. The molecule has 0 spiro atoms. The molecule has 4 rings (SSSR count). The van der Waals surface area contributed by atoms with Crippen LogP contribution in [0.25, 0.3) is 0 Å². The fraction of sp³-hybridized carbons (Fsp3) is 0.889. The summed E-state index contributed by atoms with van der Waals surface area (Å²) in [7, 11) is 0. The SMILES string of the molecule is C[C@]12CC[C@@H]3C4=C(CC[C@@H]3[C@@H]1CC[C@H]2O)C[C@H](O)CC4. The molecule has 20 heavy (non-hydrogen) atoms. The van der Waals surface area contributed by atoms with Crippen LogP contribution in [0.3, 0.4) is 0 Å². The van der Waals surface area contributed by atoms with Crippen molar-refractivity contribution in [2.45, 2.75) is 76.9 Å². The standard InChI is InChI=1S/C18H28O2/c1-18-9-8-14-13-5-3-12(19)10-11(13)2-4-15(14)16(18)6-7-17(18)20/h12,14-17,19-20H,2-10H2,1H3/t12-,14-,15+,16+,17-,18+/m1/s1. The molecular formula is C18H28O2. The predicted molar refractivity (Wildman–Crippen MR) is 79.2 cm³/mol. The van der Waals surface area contributed by atoms with Crippen molar-refractivity contribution in [2.75, 3.05) is 0 Å². The number of aliphatic hydroxyl groups is 2. The Morgan fingerprint density at radius 2 is 1.85 bits per heavy atom. The highest BCUT2D eigenvalue weighted by Crippen LogP contribution is 2.61. The zero-order valence-corrected chi connectivity index (χ0v) is 12.6. The van der Waals surface area contributed by atoms with Crippen LogP contribution >= 0.6 is 0 Å². The van der Waals surface area contributed by atoms with E-state index < -0.39 is 0 Å². The molecule has 4 aliphatic rings. The third kappa shape index (κ3) is 1.77. The van der Waals surface area contributed by atoms with Gasteiger partial charge in [0.25, 0.3) is 0 Å². The van der Waals surface area contributed by atoms with Gasteiger partial charge in [-0.15, -0.1) is 0 Å². The third-order valence-corrected chi connectivity index (χ3v) is 7.30. The molecule has 0 saturated heterocycles. The molecule has 0 amide bonds. The normalized spacial score (nSPS) is 51.5. The molecule has 2 saturated carbocycles. The molecule has 0 aromatic heterocycles. The number of aliphatic hydroxyl groups excluding tert-OH is 2. The zero-order chi connectivity index (χ0) is 13.9. The lowest BCUT2D eigenvalue weighted by Gasteiger charge is -2.51. The van der Waals surface area contributed by atoms with Crippen LogP contribution in [-0.4, -0.2) is 22.4 Å². The molecule has 4 aliphatic carbocycles. The van der Waals surface area contributed by atoms with Crippen molar-refractivity contribution < 1.29 is 10.2 Å². The molecule has 0 aliphatic heterocycles. The van der Waals surface area contributed by atoms with Crippen LogP contribution in [0.4, 0.5) is 0 Å². The van der Waals surface area contributed by atoms with Crippen LogP contribution in [0, 0.1) is 23.2 Å². The van der Waals surface area contributed by atoms with Crippen molar-refractivity contribution in [1.29, 1.82) is 0 Å². The fourth-order valence-electron chi connectivity index (χ4n) is 6.16. The summed E-state index contributed by atoms with van der Waals surface area (Å²) in [4.78, 5) is 0. The first kappa shape index (κ1) is 13.3. The summed E-state index contributed by atoms with van der Waals surface area (Å²) < 4.78 is 0. The fourth-order valence-corrected chi connectivity index (χ4v) is 6.16. The van der Waals surface area contributed by atoms with E-state index >= 15 is 0 Å². The molecule has 2 N–H and O–H groups in total. The van der Waals surface area contributed by atoms with Gasteiger partial charge in [0.15, 0.2) is 0 Å². The first-order chi connectivity index (χ1) is 9.59. The minimum Gasteiger partial charge on any atom is -0.393 e. The molecule has 0 bridgehead atoms. The maximum Gasteiger partial charge on any atom is 0.0596 e. The van der Waals surface area contributed by atoms with E-state index in [1.165, 1.54) is 32.1 Å². The van der Waals surface area contributed by atoms with Gasteiger partial charge < -0.3 is 10.2 Å². The van der Waals surface area contributed by atoms with E-state index in [2.05, 4.69) is 6.92 Å². The second-order valence-electron chi connectivity index (χ2n) is 8.08. The van der Waals surface area contributed by atoms with E-state index in [-0.39, 0.29) is 17.6 Å². The van der Waals surface area contributed by atoms with Gasteiger partial charge in [-0.25, -0.2) is 0 Å². The maximum atomic E-state index is 10.4. The maximum absolute atomic E-state index is 10.4. The summed E-state index contributed by atoms with van der Waals surface area (Å²) in [6, 6.07) is 0. The van der Waals surface area contributed by atoms with Gasteiger partial charge in [0.05, 0.1) is 12.2 Å². The highest BCUT2D eigenvalue weighted by atomic mass is 16.3. The number of hydrogen-bond donors (Lipinski definition) is 2. The Balaban J connectivity index is 1.64. The number of rotatable bonds is 0. The third-order valence-electron chi connectivity index (χ3n) is 7.30. The van der Waals surface area contributed by atoms with Crippen molar-refractivity contribution in [3.05, 3.63) is 11.1 Å². The Labute approximate surface area is 122 Å². The average molecular weight is 276 g/mol. The monoisotopic (exact) mass is 276 g/mol. The summed E-state index contributed by atoms with van der Waals surface area (Å²) in [6.07, 6.45) is 10.2. The molecular weight excluding hydrogens is 248 g/mol. The van der Waals surface area contributed by atoms with Gasteiger partial charge in [-0.2, -0.15) is 0 Å². The Morgan fingerprint density at radius 1 is 1.00 bits per heavy atom. The second-order valence-corrected chi connectivity index (χ2v) is 8.08. The topological polar surface area (TPSA) is 40.5 Å². The van der Waals surface area contributed by atoms with Crippen LogP contribution in [0.2, 0.25) is 0 Å². The molecule has 2 fully saturated rings. The van der Waals surface area contributed by atoms with Crippen molar-refractivity contribution in [3.63, 3.8) is 0 Å². The molecule has 0 radical (unpaired) electrons. The van der Waals surface area contributed by atoms with E-state index in [1.807, 2.05) is 0 Å². The van der Waals surface area contributed by atoms with Crippen LogP contribution in [0.5, 0.6) is 0 Å². The summed E-state index contributed by atoms with van der Waals surface area (Å²) in [5, 5.41) is 20.3. The van der Waals surface area contributed by atoms with E-state index in [0.29, 0.717) is 0 Å². The van der Waals surface area contributed by atoms with E-state index in [1.54, 1.807) is 11.1 Å². The Bertz CT molecular complexity index is 441. The predicted octanol–water partition coefficient (Wildman–Crippen LogP) is 3.43. The van der Waals surface area contributed by atoms with Crippen LogP contribution in [0.1, 0.15) is 64.7 Å². The van der Waals surface area contributed by atoms with E-state index in [0.717, 1.165) is 43.4 Å². The summed E-state index contributed by atoms with van der Waals surface area (Å²) >= 11 is 0. The molecule has 6 atom stereocenters. The minimum absolute atomic E-state index is 0.0583. The van der Waals surface area contributed by atoms with Crippen molar-refractivity contribution in [2.24, 2.45) is 23.2 Å². The molecule has 112 valence electrons. The van der Waals surface area contributed by atoms with Crippen molar-refractivity contribution >= 4 is 0 Å². The van der Waals surface area contributed by atoms with Crippen LogP contribution in [0.15, 0.2) is 11.1 Å². The van der Waals surface area contributed by atoms with E-state index in [4.69, 9.17) is 0 Å². The highest BCUT2D eigenvalue weighted by Gasteiger charge is 2.54. The van der Waals surface area contributed by atoms with Gasteiger partial charge >= 0.3 is 0 Å². The molecule has 0 aromatic rings.